The highest BCUT2D eigenvalue weighted by Crippen LogP contribution is 2.36. The summed E-state index contributed by atoms with van der Waals surface area (Å²) in [5, 5.41) is 8.10. The van der Waals surface area contributed by atoms with Crippen molar-refractivity contribution in [1.29, 1.82) is 0 Å². The normalized spacial score (nSPS) is 11.4. The molecular weight excluding hydrogens is 367 g/mol. The fourth-order valence-corrected chi connectivity index (χ4v) is 3.26. The quantitative estimate of drug-likeness (QED) is 0.728. The maximum Gasteiger partial charge on any atom is 0.435 e. The number of aromatic nitrogens is 2. The SMILES string of the molecule is COc1cccc(-c2ccsc2NC(=O)c2cn(C)nc2C(F)(F)F)c1. The number of alkyl halides is 3. The number of amides is 1. The lowest BCUT2D eigenvalue weighted by Crippen LogP contribution is -2.17. The van der Waals surface area contributed by atoms with Crippen LogP contribution in [0.2, 0.25) is 0 Å². The van der Waals surface area contributed by atoms with E-state index in [1.54, 1.807) is 29.6 Å². The van der Waals surface area contributed by atoms with Crippen LogP contribution in [0.5, 0.6) is 5.75 Å². The van der Waals surface area contributed by atoms with E-state index in [0.29, 0.717) is 16.3 Å². The number of thiophene rings is 1. The van der Waals surface area contributed by atoms with E-state index in [1.807, 2.05) is 6.07 Å². The van der Waals surface area contributed by atoms with Crippen LogP contribution in [0.4, 0.5) is 18.2 Å². The molecule has 1 N–H and O–H groups in total. The monoisotopic (exact) mass is 381 g/mol. The van der Waals surface area contributed by atoms with E-state index in [0.717, 1.165) is 16.4 Å². The highest BCUT2D eigenvalue weighted by Gasteiger charge is 2.39. The van der Waals surface area contributed by atoms with Gasteiger partial charge in [0, 0.05) is 18.8 Å². The number of carbonyl (C=O) groups is 1. The average molecular weight is 381 g/mol. The van der Waals surface area contributed by atoms with Crippen LogP contribution >= 0.6 is 11.3 Å². The highest BCUT2D eigenvalue weighted by atomic mass is 32.1. The number of hydrogen-bond acceptors (Lipinski definition) is 4. The maximum absolute atomic E-state index is 13.1. The van der Waals surface area contributed by atoms with Gasteiger partial charge in [0.05, 0.1) is 12.7 Å². The first-order valence-electron chi connectivity index (χ1n) is 7.43. The molecule has 0 unspecified atom stereocenters. The fraction of sp³-hybridized carbons (Fsp3) is 0.176. The Balaban J connectivity index is 1.92. The molecule has 136 valence electrons. The molecule has 0 saturated carbocycles. The number of ether oxygens (including phenoxy) is 1. The first-order chi connectivity index (χ1) is 12.3. The summed E-state index contributed by atoms with van der Waals surface area (Å²) < 4.78 is 45.3. The Morgan fingerprint density at radius 3 is 2.77 bits per heavy atom. The molecule has 0 aliphatic heterocycles. The van der Waals surface area contributed by atoms with Gasteiger partial charge in [0.2, 0.25) is 0 Å². The molecule has 0 aliphatic rings. The second kappa shape index (κ2) is 6.83. The van der Waals surface area contributed by atoms with Crippen molar-refractivity contribution in [2.45, 2.75) is 6.18 Å². The lowest BCUT2D eigenvalue weighted by atomic mass is 10.1. The van der Waals surface area contributed by atoms with Gasteiger partial charge in [-0.1, -0.05) is 12.1 Å². The van der Waals surface area contributed by atoms with Crippen LogP contribution in [0.3, 0.4) is 0 Å². The number of nitrogens with one attached hydrogen (secondary N) is 1. The van der Waals surface area contributed by atoms with Crippen molar-refractivity contribution in [1.82, 2.24) is 9.78 Å². The number of rotatable bonds is 4. The van der Waals surface area contributed by atoms with Gasteiger partial charge < -0.3 is 10.1 Å². The van der Waals surface area contributed by atoms with Crippen LogP contribution in [0, 0.1) is 0 Å². The van der Waals surface area contributed by atoms with Crippen LogP contribution < -0.4 is 10.1 Å². The minimum Gasteiger partial charge on any atom is -0.497 e. The Kier molecular flexibility index (Phi) is 4.73. The van der Waals surface area contributed by atoms with Crippen LogP contribution in [0.15, 0.2) is 41.9 Å². The number of aryl methyl sites for hydroxylation is 1. The van der Waals surface area contributed by atoms with Gasteiger partial charge in [-0.2, -0.15) is 18.3 Å². The van der Waals surface area contributed by atoms with Crippen molar-refractivity contribution >= 4 is 22.2 Å². The zero-order valence-corrected chi connectivity index (χ0v) is 14.6. The minimum absolute atomic E-state index is 0.445. The van der Waals surface area contributed by atoms with E-state index < -0.39 is 23.3 Å². The van der Waals surface area contributed by atoms with Gasteiger partial charge in [-0.25, -0.2) is 0 Å². The van der Waals surface area contributed by atoms with Crippen molar-refractivity contribution in [2.24, 2.45) is 7.05 Å². The van der Waals surface area contributed by atoms with Gasteiger partial charge in [-0.15, -0.1) is 11.3 Å². The fourth-order valence-electron chi connectivity index (χ4n) is 2.46. The molecule has 0 atom stereocenters. The number of methoxy groups -OCH3 is 1. The standard InChI is InChI=1S/C17H14F3N3O2S/c1-23-9-13(14(22-23)17(18,19)20)15(24)21-16-12(6-7-26-16)10-4-3-5-11(8-10)25-2/h3-9H,1-2H3,(H,21,24). The molecule has 0 radical (unpaired) electrons. The number of carbonyl (C=O) groups excluding carboxylic acids is 1. The van der Waals surface area contributed by atoms with Crippen LogP contribution in [0.25, 0.3) is 11.1 Å². The summed E-state index contributed by atoms with van der Waals surface area (Å²) in [6.07, 6.45) is -3.66. The summed E-state index contributed by atoms with van der Waals surface area (Å²) in [6, 6.07) is 8.96. The van der Waals surface area contributed by atoms with Crippen molar-refractivity contribution in [3.05, 3.63) is 53.2 Å². The third-order valence-electron chi connectivity index (χ3n) is 3.61. The van der Waals surface area contributed by atoms with E-state index in [9.17, 15) is 18.0 Å². The highest BCUT2D eigenvalue weighted by molar-refractivity contribution is 7.15. The Morgan fingerprint density at radius 2 is 2.08 bits per heavy atom. The van der Waals surface area contributed by atoms with E-state index in [4.69, 9.17) is 4.74 Å². The summed E-state index contributed by atoms with van der Waals surface area (Å²) in [6.45, 7) is 0. The molecule has 0 bridgehead atoms. The van der Waals surface area contributed by atoms with Gasteiger partial charge in [0.25, 0.3) is 5.91 Å². The molecule has 2 aromatic heterocycles. The summed E-state index contributed by atoms with van der Waals surface area (Å²) in [5.74, 6) is -0.227. The van der Waals surface area contributed by atoms with Crippen molar-refractivity contribution in [3.8, 4) is 16.9 Å². The molecule has 0 saturated heterocycles. The van der Waals surface area contributed by atoms with E-state index in [-0.39, 0.29) is 0 Å². The molecule has 0 fully saturated rings. The van der Waals surface area contributed by atoms with E-state index >= 15 is 0 Å². The minimum atomic E-state index is -4.71. The summed E-state index contributed by atoms with van der Waals surface area (Å²) in [4.78, 5) is 12.4. The van der Waals surface area contributed by atoms with Crippen molar-refractivity contribution in [2.75, 3.05) is 12.4 Å². The van der Waals surface area contributed by atoms with Gasteiger partial charge in [-0.05, 0) is 29.1 Å². The van der Waals surface area contributed by atoms with Gasteiger partial charge in [0.15, 0.2) is 5.69 Å². The molecule has 1 aromatic carbocycles. The third kappa shape index (κ3) is 3.57. The molecular formula is C17H14F3N3O2S. The molecule has 2 heterocycles. The smallest absolute Gasteiger partial charge is 0.435 e. The molecule has 3 aromatic rings. The lowest BCUT2D eigenvalue weighted by Gasteiger charge is -2.09. The van der Waals surface area contributed by atoms with Crippen LogP contribution in [-0.4, -0.2) is 22.8 Å². The van der Waals surface area contributed by atoms with Gasteiger partial charge in [-0.3, -0.25) is 9.48 Å². The molecule has 26 heavy (non-hydrogen) atoms. The lowest BCUT2D eigenvalue weighted by molar-refractivity contribution is -0.141. The zero-order chi connectivity index (χ0) is 18.9. The Bertz CT molecular complexity index is 947. The first-order valence-corrected chi connectivity index (χ1v) is 8.31. The average Bonchev–Trinajstić information content (AvgIpc) is 3.21. The van der Waals surface area contributed by atoms with Crippen LogP contribution in [-0.2, 0) is 13.2 Å². The first kappa shape index (κ1) is 18.0. The second-order valence-corrected chi connectivity index (χ2v) is 6.33. The summed E-state index contributed by atoms with van der Waals surface area (Å²) in [7, 11) is 2.87. The second-order valence-electron chi connectivity index (χ2n) is 5.41. The third-order valence-corrected chi connectivity index (χ3v) is 4.44. The van der Waals surface area contributed by atoms with Crippen molar-refractivity contribution in [3.63, 3.8) is 0 Å². The maximum atomic E-state index is 13.1. The number of halogens is 3. The van der Waals surface area contributed by atoms with E-state index in [1.165, 1.54) is 25.5 Å². The largest absolute Gasteiger partial charge is 0.497 e. The van der Waals surface area contributed by atoms with Crippen LogP contribution in [0.1, 0.15) is 16.1 Å². The summed E-state index contributed by atoms with van der Waals surface area (Å²) >= 11 is 1.22. The van der Waals surface area contributed by atoms with Gasteiger partial charge in [0.1, 0.15) is 10.8 Å². The predicted molar refractivity (Wildman–Crippen MR) is 92.5 cm³/mol. The Labute approximate surface area is 151 Å². The molecule has 0 spiro atoms. The zero-order valence-electron chi connectivity index (χ0n) is 13.8. The Morgan fingerprint density at radius 1 is 1.31 bits per heavy atom. The number of hydrogen-bond donors (Lipinski definition) is 1. The number of anilines is 1. The molecule has 9 heteroatoms. The number of nitrogens with zero attached hydrogens (tertiary/aromatic N) is 2. The summed E-state index contributed by atoms with van der Waals surface area (Å²) in [5.41, 5.74) is -0.259. The topological polar surface area (TPSA) is 56.1 Å². The molecule has 3 rings (SSSR count). The number of benzene rings is 1. The predicted octanol–water partition coefficient (Wildman–Crippen LogP) is 4.43. The molecule has 0 aliphatic carbocycles. The molecule has 1 amide bonds. The van der Waals surface area contributed by atoms with Gasteiger partial charge >= 0.3 is 6.18 Å². The van der Waals surface area contributed by atoms with E-state index in [2.05, 4.69) is 10.4 Å². The van der Waals surface area contributed by atoms with Crippen molar-refractivity contribution < 1.29 is 22.7 Å². The Hall–Kier alpha value is -2.81. The molecule has 5 nitrogen and oxygen atoms in total.